The molecule has 3 heteroatoms. The van der Waals surface area contributed by atoms with E-state index in [1.807, 2.05) is 6.07 Å². The average molecular weight is 148 g/mol. The summed E-state index contributed by atoms with van der Waals surface area (Å²) in [5.41, 5.74) is 0.577. The van der Waals surface area contributed by atoms with Crippen LogP contribution in [0.2, 0.25) is 0 Å². The lowest BCUT2D eigenvalue weighted by Crippen LogP contribution is -1.80. The van der Waals surface area contributed by atoms with Crippen LogP contribution in [0.5, 0.6) is 0 Å². The van der Waals surface area contributed by atoms with Crippen molar-refractivity contribution in [3.63, 3.8) is 0 Å². The second kappa shape index (κ2) is 3.47. The highest BCUT2D eigenvalue weighted by Gasteiger charge is 1.88. The third kappa shape index (κ3) is 2.18. The fraction of sp³-hybridized carbons (Fsp3) is 0. The Bertz CT molecular complexity index is 295. The maximum absolute atomic E-state index is 12.3. The van der Waals surface area contributed by atoms with Gasteiger partial charge in [-0.2, -0.15) is 5.26 Å². The Morgan fingerprint density at radius 2 is 2.36 bits per heavy atom. The Hall–Kier alpha value is -1.69. The summed E-state index contributed by atoms with van der Waals surface area (Å²) in [7, 11) is 0. The number of allylic oxidation sites excluding steroid dienone is 1. The molecule has 0 spiro atoms. The van der Waals surface area contributed by atoms with Gasteiger partial charge in [-0.05, 0) is 18.2 Å². The normalized spacial score (nSPS) is 9.82. The molecule has 1 aromatic heterocycles. The number of halogens is 1. The summed E-state index contributed by atoms with van der Waals surface area (Å²) in [6.45, 7) is 0. The summed E-state index contributed by atoms with van der Waals surface area (Å²) in [5, 5.41) is 8.14. The molecule has 0 unspecified atom stereocenters. The largest absolute Gasteiger partial charge is 0.254 e. The van der Waals surface area contributed by atoms with Gasteiger partial charge >= 0.3 is 0 Å². The number of rotatable bonds is 1. The first kappa shape index (κ1) is 7.42. The third-order valence-corrected chi connectivity index (χ3v) is 1.08. The van der Waals surface area contributed by atoms with Crippen molar-refractivity contribution in [1.29, 1.82) is 5.26 Å². The minimum absolute atomic E-state index is 0.376. The Morgan fingerprint density at radius 3 is 2.91 bits per heavy atom. The first-order valence-electron chi connectivity index (χ1n) is 3.00. The molecular weight excluding hydrogens is 143 g/mol. The summed E-state index contributed by atoms with van der Waals surface area (Å²) in [6.07, 6.45) is 3.91. The molecule has 1 heterocycles. The van der Waals surface area contributed by atoms with E-state index in [2.05, 4.69) is 4.98 Å². The molecular formula is C8H5FN2. The predicted octanol–water partition coefficient (Wildman–Crippen LogP) is 1.76. The Balaban J connectivity index is 2.84. The Kier molecular flexibility index (Phi) is 2.34. The number of nitrogens with zero attached hydrogens (tertiary/aromatic N) is 2. The van der Waals surface area contributed by atoms with Gasteiger partial charge in [-0.25, -0.2) is 4.39 Å². The van der Waals surface area contributed by atoms with Crippen molar-refractivity contribution in [1.82, 2.24) is 4.98 Å². The zero-order valence-electron chi connectivity index (χ0n) is 5.66. The summed E-state index contributed by atoms with van der Waals surface area (Å²) in [5.74, 6) is -0.376. The van der Waals surface area contributed by atoms with Crippen molar-refractivity contribution in [3.8, 4) is 6.07 Å². The van der Waals surface area contributed by atoms with Crippen LogP contribution in [0, 0.1) is 17.1 Å². The van der Waals surface area contributed by atoms with Crippen molar-refractivity contribution < 1.29 is 4.39 Å². The first-order chi connectivity index (χ1) is 5.33. The van der Waals surface area contributed by atoms with Crippen LogP contribution in [-0.4, -0.2) is 4.98 Å². The summed E-state index contributed by atoms with van der Waals surface area (Å²) in [6, 6.07) is 4.62. The second-order valence-electron chi connectivity index (χ2n) is 1.86. The maximum Gasteiger partial charge on any atom is 0.141 e. The minimum Gasteiger partial charge on any atom is -0.254 e. The molecule has 0 aliphatic heterocycles. The zero-order valence-corrected chi connectivity index (χ0v) is 5.66. The zero-order chi connectivity index (χ0) is 8.10. The molecule has 54 valence electrons. The van der Waals surface area contributed by atoms with Gasteiger partial charge in [-0.15, -0.1) is 0 Å². The molecule has 0 fully saturated rings. The molecule has 11 heavy (non-hydrogen) atoms. The molecule has 0 saturated carbocycles. The molecule has 0 bridgehead atoms. The van der Waals surface area contributed by atoms with E-state index in [0.29, 0.717) is 5.69 Å². The molecule has 0 aliphatic rings. The fourth-order valence-electron chi connectivity index (χ4n) is 0.608. The highest BCUT2D eigenvalue weighted by Crippen LogP contribution is 1.99. The van der Waals surface area contributed by atoms with Gasteiger partial charge in [0.2, 0.25) is 0 Å². The standard InChI is InChI=1S/C8H5FN2/c9-7-3-4-8(11-6-7)2-1-5-10/h1-4,6H. The van der Waals surface area contributed by atoms with Gasteiger partial charge in [0.15, 0.2) is 0 Å². The van der Waals surface area contributed by atoms with E-state index in [1.165, 1.54) is 24.3 Å². The van der Waals surface area contributed by atoms with Gasteiger partial charge in [0, 0.05) is 6.08 Å². The van der Waals surface area contributed by atoms with Crippen molar-refractivity contribution in [3.05, 3.63) is 35.9 Å². The molecule has 1 rings (SSSR count). The van der Waals surface area contributed by atoms with E-state index < -0.39 is 0 Å². The van der Waals surface area contributed by atoms with Crippen molar-refractivity contribution in [2.75, 3.05) is 0 Å². The maximum atomic E-state index is 12.3. The van der Waals surface area contributed by atoms with Crippen LogP contribution in [-0.2, 0) is 0 Å². The molecule has 0 aliphatic carbocycles. The molecule has 0 saturated heterocycles. The number of nitriles is 1. The van der Waals surface area contributed by atoms with E-state index in [0.717, 1.165) is 6.20 Å². The lowest BCUT2D eigenvalue weighted by atomic mass is 10.3. The number of pyridine rings is 1. The van der Waals surface area contributed by atoms with Gasteiger partial charge in [0.1, 0.15) is 5.82 Å². The molecule has 0 aromatic carbocycles. The molecule has 0 amide bonds. The van der Waals surface area contributed by atoms with E-state index in [-0.39, 0.29) is 5.82 Å². The van der Waals surface area contributed by atoms with Crippen LogP contribution in [0.3, 0.4) is 0 Å². The van der Waals surface area contributed by atoms with Gasteiger partial charge in [0.25, 0.3) is 0 Å². The van der Waals surface area contributed by atoms with Gasteiger partial charge in [-0.1, -0.05) is 0 Å². The fourth-order valence-corrected chi connectivity index (χ4v) is 0.608. The SMILES string of the molecule is N#CC=Cc1ccc(F)cn1. The second-order valence-corrected chi connectivity index (χ2v) is 1.86. The van der Waals surface area contributed by atoms with Crippen LogP contribution < -0.4 is 0 Å². The number of aromatic nitrogens is 1. The number of hydrogen-bond acceptors (Lipinski definition) is 2. The Labute approximate surface area is 63.6 Å². The minimum atomic E-state index is -0.376. The predicted molar refractivity (Wildman–Crippen MR) is 38.8 cm³/mol. The van der Waals surface area contributed by atoms with Gasteiger partial charge < -0.3 is 0 Å². The summed E-state index contributed by atoms with van der Waals surface area (Å²) >= 11 is 0. The monoisotopic (exact) mass is 148 g/mol. The summed E-state index contributed by atoms with van der Waals surface area (Å²) in [4.78, 5) is 3.70. The Morgan fingerprint density at radius 1 is 1.55 bits per heavy atom. The van der Waals surface area contributed by atoms with Crippen molar-refractivity contribution in [2.24, 2.45) is 0 Å². The lowest BCUT2D eigenvalue weighted by molar-refractivity contribution is 0.621. The average Bonchev–Trinajstić information content (AvgIpc) is 2.04. The van der Waals surface area contributed by atoms with E-state index >= 15 is 0 Å². The van der Waals surface area contributed by atoms with Crippen LogP contribution >= 0.6 is 0 Å². The van der Waals surface area contributed by atoms with Crippen LogP contribution in [0.4, 0.5) is 4.39 Å². The van der Waals surface area contributed by atoms with Crippen LogP contribution in [0.25, 0.3) is 6.08 Å². The molecule has 0 radical (unpaired) electrons. The van der Waals surface area contributed by atoms with Crippen LogP contribution in [0.1, 0.15) is 5.69 Å². The highest BCUT2D eigenvalue weighted by molar-refractivity contribution is 5.46. The smallest absolute Gasteiger partial charge is 0.141 e. The van der Waals surface area contributed by atoms with Crippen molar-refractivity contribution in [2.45, 2.75) is 0 Å². The molecule has 0 N–H and O–H groups in total. The van der Waals surface area contributed by atoms with Gasteiger partial charge in [0.05, 0.1) is 18.0 Å². The van der Waals surface area contributed by atoms with Crippen LogP contribution in [0.15, 0.2) is 24.4 Å². The van der Waals surface area contributed by atoms with E-state index in [9.17, 15) is 4.39 Å². The highest BCUT2D eigenvalue weighted by atomic mass is 19.1. The quantitative estimate of drug-likeness (QED) is 0.569. The number of hydrogen-bond donors (Lipinski definition) is 0. The first-order valence-corrected chi connectivity index (χ1v) is 3.00. The topological polar surface area (TPSA) is 36.7 Å². The molecule has 0 atom stereocenters. The third-order valence-electron chi connectivity index (χ3n) is 1.08. The van der Waals surface area contributed by atoms with E-state index in [4.69, 9.17) is 5.26 Å². The molecule has 1 aromatic rings. The van der Waals surface area contributed by atoms with Crippen molar-refractivity contribution >= 4 is 6.08 Å². The lowest BCUT2D eigenvalue weighted by Gasteiger charge is -1.88. The van der Waals surface area contributed by atoms with Gasteiger partial charge in [-0.3, -0.25) is 4.98 Å². The summed E-state index contributed by atoms with van der Waals surface area (Å²) < 4.78 is 12.3. The molecule has 2 nitrogen and oxygen atoms in total. The van der Waals surface area contributed by atoms with E-state index in [1.54, 1.807) is 0 Å².